The lowest BCUT2D eigenvalue weighted by Crippen LogP contribution is -2.44. The van der Waals surface area contributed by atoms with Crippen LogP contribution in [0.2, 0.25) is 0 Å². The van der Waals surface area contributed by atoms with Gasteiger partial charge in [0.05, 0.1) is 0 Å². The van der Waals surface area contributed by atoms with Crippen LogP contribution >= 0.6 is 0 Å². The number of ether oxygens (including phenoxy) is 1. The third-order valence-electron chi connectivity index (χ3n) is 3.20. The largest absolute Gasteiger partial charge is 0.444 e. The summed E-state index contributed by atoms with van der Waals surface area (Å²) < 4.78 is 5.47. The molecule has 0 aromatic rings. The van der Waals surface area contributed by atoms with Crippen molar-refractivity contribution in [3.05, 3.63) is 0 Å². The third-order valence-corrected chi connectivity index (χ3v) is 3.20. The van der Waals surface area contributed by atoms with Gasteiger partial charge >= 0.3 is 6.09 Å². The fraction of sp³-hybridized carbons (Fsp3) is 0.923. The molecule has 1 saturated heterocycles. The summed E-state index contributed by atoms with van der Waals surface area (Å²) in [5.74, 6) is 0. The Balaban J connectivity index is 1.89. The Morgan fingerprint density at radius 3 is 2.53 bits per heavy atom. The average Bonchev–Trinajstić information content (AvgIpc) is 2.89. The Morgan fingerprint density at radius 1 is 1.35 bits per heavy atom. The molecule has 4 nitrogen and oxygen atoms in total. The van der Waals surface area contributed by atoms with E-state index in [-0.39, 0.29) is 6.09 Å². The van der Waals surface area contributed by atoms with Gasteiger partial charge in [0.1, 0.15) is 5.60 Å². The van der Waals surface area contributed by atoms with Crippen LogP contribution < -0.4 is 5.32 Å². The van der Waals surface area contributed by atoms with Gasteiger partial charge < -0.3 is 15.0 Å². The first kappa shape index (κ1) is 12.7. The molecule has 1 amide bonds. The van der Waals surface area contributed by atoms with E-state index in [2.05, 4.69) is 5.32 Å². The molecule has 2 rings (SSSR count). The minimum Gasteiger partial charge on any atom is -0.444 e. The van der Waals surface area contributed by atoms with Gasteiger partial charge in [0.15, 0.2) is 0 Å². The molecule has 1 atom stereocenters. The van der Waals surface area contributed by atoms with Crippen LogP contribution in [0.3, 0.4) is 0 Å². The summed E-state index contributed by atoms with van der Waals surface area (Å²) in [5.41, 5.74) is -0.396. The number of hydrogen-bond donors (Lipinski definition) is 1. The minimum absolute atomic E-state index is 0.145. The second-order valence-electron chi connectivity index (χ2n) is 6.16. The van der Waals surface area contributed by atoms with Crippen LogP contribution in [0, 0.1) is 0 Å². The number of rotatable bonds is 3. The van der Waals surface area contributed by atoms with Gasteiger partial charge in [-0.2, -0.15) is 0 Å². The standard InChI is InChI=1S/C13H24N2O2/c1-13(2,3)17-12(16)15(11-6-7-11)9-10-5-4-8-14-10/h10-11,14H,4-9H2,1-3H3/t10-/m1/s1. The van der Waals surface area contributed by atoms with Crippen molar-refractivity contribution in [2.45, 2.75) is 64.1 Å². The minimum atomic E-state index is -0.396. The maximum Gasteiger partial charge on any atom is 0.410 e. The number of nitrogens with one attached hydrogen (secondary N) is 1. The van der Waals surface area contributed by atoms with Gasteiger partial charge in [-0.25, -0.2) is 4.79 Å². The first-order valence-electron chi connectivity index (χ1n) is 6.69. The van der Waals surface area contributed by atoms with E-state index < -0.39 is 5.60 Å². The highest BCUT2D eigenvalue weighted by molar-refractivity contribution is 5.69. The zero-order chi connectivity index (χ0) is 12.5. The Morgan fingerprint density at radius 2 is 2.06 bits per heavy atom. The molecule has 0 bridgehead atoms. The van der Waals surface area contributed by atoms with Gasteiger partial charge in [0.2, 0.25) is 0 Å². The Hall–Kier alpha value is -0.770. The lowest BCUT2D eigenvalue weighted by atomic mass is 10.2. The summed E-state index contributed by atoms with van der Waals surface area (Å²) in [6, 6.07) is 0.885. The molecular formula is C13H24N2O2. The van der Waals surface area contributed by atoms with Gasteiger partial charge in [0, 0.05) is 18.6 Å². The Bertz CT molecular complexity index is 276. The zero-order valence-electron chi connectivity index (χ0n) is 11.2. The SMILES string of the molecule is CC(C)(C)OC(=O)N(C[C@H]1CCCN1)C1CC1. The third kappa shape index (κ3) is 3.87. The molecule has 1 aliphatic carbocycles. The van der Waals surface area contributed by atoms with E-state index in [0.717, 1.165) is 25.9 Å². The summed E-state index contributed by atoms with van der Waals surface area (Å²) in [7, 11) is 0. The van der Waals surface area contributed by atoms with Crippen molar-refractivity contribution in [1.29, 1.82) is 0 Å². The summed E-state index contributed by atoms with van der Waals surface area (Å²) in [4.78, 5) is 14.0. The van der Waals surface area contributed by atoms with Gasteiger partial charge in [-0.05, 0) is 53.0 Å². The molecule has 0 aromatic heterocycles. The van der Waals surface area contributed by atoms with Crippen LogP contribution in [0.15, 0.2) is 0 Å². The second-order valence-corrected chi connectivity index (χ2v) is 6.16. The van der Waals surface area contributed by atoms with Crippen LogP contribution in [0.4, 0.5) is 4.79 Å². The molecule has 1 N–H and O–H groups in total. The number of nitrogens with zero attached hydrogens (tertiary/aromatic N) is 1. The molecule has 0 spiro atoms. The van der Waals surface area contributed by atoms with Crippen LogP contribution in [0.1, 0.15) is 46.5 Å². The maximum absolute atomic E-state index is 12.1. The average molecular weight is 240 g/mol. The quantitative estimate of drug-likeness (QED) is 0.821. The lowest BCUT2D eigenvalue weighted by molar-refractivity contribution is 0.0218. The zero-order valence-corrected chi connectivity index (χ0v) is 11.2. The molecule has 1 saturated carbocycles. The molecule has 0 radical (unpaired) electrons. The Labute approximate surface area is 104 Å². The van der Waals surface area contributed by atoms with Crippen molar-refractivity contribution in [3.8, 4) is 0 Å². The molecule has 0 aromatic carbocycles. The first-order valence-corrected chi connectivity index (χ1v) is 6.69. The van der Waals surface area contributed by atoms with Crippen LogP contribution in [-0.4, -0.2) is 41.8 Å². The number of carbonyl (C=O) groups excluding carboxylic acids is 1. The van der Waals surface area contributed by atoms with Crippen LogP contribution in [0.5, 0.6) is 0 Å². The summed E-state index contributed by atoms with van der Waals surface area (Å²) >= 11 is 0. The monoisotopic (exact) mass is 240 g/mol. The second kappa shape index (κ2) is 4.84. The fourth-order valence-electron chi connectivity index (χ4n) is 2.23. The molecule has 4 heteroatoms. The number of amides is 1. The molecule has 1 heterocycles. The topological polar surface area (TPSA) is 41.6 Å². The fourth-order valence-corrected chi connectivity index (χ4v) is 2.23. The molecule has 2 fully saturated rings. The summed E-state index contributed by atoms with van der Waals surface area (Å²) in [6.45, 7) is 7.65. The van der Waals surface area contributed by atoms with E-state index in [1.165, 1.54) is 12.8 Å². The normalized spacial score (nSPS) is 24.8. The highest BCUT2D eigenvalue weighted by Crippen LogP contribution is 2.29. The number of hydrogen-bond acceptors (Lipinski definition) is 3. The highest BCUT2D eigenvalue weighted by atomic mass is 16.6. The van der Waals surface area contributed by atoms with E-state index in [1.807, 2.05) is 25.7 Å². The van der Waals surface area contributed by atoms with Crippen LogP contribution in [0.25, 0.3) is 0 Å². The van der Waals surface area contributed by atoms with Crippen molar-refractivity contribution >= 4 is 6.09 Å². The molecule has 1 aliphatic heterocycles. The van der Waals surface area contributed by atoms with Gasteiger partial charge in [-0.3, -0.25) is 0 Å². The lowest BCUT2D eigenvalue weighted by Gasteiger charge is -2.29. The first-order chi connectivity index (χ1) is 7.96. The van der Waals surface area contributed by atoms with Crippen molar-refractivity contribution in [1.82, 2.24) is 10.2 Å². The van der Waals surface area contributed by atoms with E-state index in [0.29, 0.717) is 12.1 Å². The molecular weight excluding hydrogens is 216 g/mol. The smallest absolute Gasteiger partial charge is 0.410 e. The van der Waals surface area contributed by atoms with Gasteiger partial charge in [-0.15, -0.1) is 0 Å². The van der Waals surface area contributed by atoms with Crippen molar-refractivity contribution < 1.29 is 9.53 Å². The van der Waals surface area contributed by atoms with Crippen molar-refractivity contribution in [3.63, 3.8) is 0 Å². The molecule has 0 unspecified atom stereocenters. The van der Waals surface area contributed by atoms with Crippen molar-refractivity contribution in [2.24, 2.45) is 0 Å². The number of carbonyl (C=O) groups is 1. The predicted octanol–water partition coefficient (Wildman–Crippen LogP) is 2.14. The molecule has 17 heavy (non-hydrogen) atoms. The summed E-state index contributed by atoms with van der Waals surface area (Å²) in [5, 5.41) is 3.44. The van der Waals surface area contributed by atoms with E-state index in [9.17, 15) is 4.79 Å². The summed E-state index contributed by atoms with van der Waals surface area (Å²) in [6.07, 6.45) is 4.51. The van der Waals surface area contributed by atoms with Gasteiger partial charge in [-0.1, -0.05) is 0 Å². The van der Waals surface area contributed by atoms with Gasteiger partial charge in [0.25, 0.3) is 0 Å². The highest BCUT2D eigenvalue weighted by Gasteiger charge is 2.36. The molecule has 98 valence electrons. The predicted molar refractivity (Wildman–Crippen MR) is 67.0 cm³/mol. The Kier molecular flexibility index (Phi) is 3.61. The van der Waals surface area contributed by atoms with Crippen molar-refractivity contribution in [2.75, 3.05) is 13.1 Å². The van der Waals surface area contributed by atoms with E-state index in [4.69, 9.17) is 4.74 Å². The van der Waals surface area contributed by atoms with E-state index >= 15 is 0 Å². The van der Waals surface area contributed by atoms with Crippen LogP contribution in [-0.2, 0) is 4.74 Å². The maximum atomic E-state index is 12.1. The molecule has 2 aliphatic rings. The van der Waals surface area contributed by atoms with E-state index in [1.54, 1.807) is 0 Å².